The highest BCUT2D eigenvalue weighted by atomic mass is 16.5. The average Bonchev–Trinajstić information content (AvgIpc) is 3.15. The van der Waals surface area contributed by atoms with E-state index in [-0.39, 0.29) is 23.5 Å². The van der Waals surface area contributed by atoms with Crippen molar-refractivity contribution in [2.75, 3.05) is 7.11 Å². The van der Waals surface area contributed by atoms with E-state index in [1.165, 1.54) is 11.1 Å². The van der Waals surface area contributed by atoms with Crippen molar-refractivity contribution in [3.05, 3.63) is 65.2 Å². The molecule has 0 aromatic heterocycles. The van der Waals surface area contributed by atoms with E-state index < -0.39 is 0 Å². The third-order valence-electron chi connectivity index (χ3n) is 6.11. The van der Waals surface area contributed by atoms with Gasteiger partial charge in [-0.05, 0) is 41.4 Å². The topological polar surface area (TPSA) is 41.6 Å². The van der Waals surface area contributed by atoms with Crippen molar-refractivity contribution in [2.45, 2.75) is 78.0 Å². The first-order valence-electron chi connectivity index (χ1n) is 11.5. The normalized spacial score (nSPS) is 19.1. The maximum atomic E-state index is 13.2. The molecule has 168 valence electrons. The van der Waals surface area contributed by atoms with Gasteiger partial charge in [-0.25, -0.2) is 0 Å². The SMILES string of the molecule is COc1ccc(C(C)(C)C)cc1CNC1CCC(c2ccccc2)N1C(=O)CC(C)C. The Morgan fingerprint density at radius 3 is 2.45 bits per heavy atom. The number of carbonyl (C=O) groups excluding carboxylic acids is 1. The van der Waals surface area contributed by atoms with Crippen molar-refractivity contribution >= 4 is 5.91 Å². The first-order valence-corrected chi connectivity index (χ1v) is 11.5. The Balaban J connectivity index is 1.82. The van der Waals surface area contributed by atoms with Crippen molar-refractivity contribution < 1.29 is 9.53 Å². The molecule has 0 aliphatic carbocycles. The number of nitrogens with one attached hydrogen (secondary N) is 1. The molecular weight excluding hydrogens is 384 g/mol. The lowest BCUT2D eigenvalue weighted by molar-refractivity contribution is -0.135. The minimum Gasteiger partial charge on any atom is -0.496 e. The van der Waals surface area contributed by atoms with Gasteiger partial charge in [-0.2, -0.15) is 0 Å². The second-order valence-corrected chi connectivity index (χ2v) is 10.1. The van der Waals surface area contributed by atoms with Gasteiger partial charge in [0, 0.05) is 18.5 Å². The van der Waals surface area contributed by atoms with Crippen LogP contribution in [-0.4, -0.2) is 24.1 Å². The van der Waals surface area contributed by atoms with Crippen LogP contribution >= 0.6 is 0 Å². The molecule has 1 N–H and O–H groups in total. The van der Waals surface area contributed by atoms with Gasteiger partial charge in [-0.3, -0.25) is 10.1 Å². The number of benzene rings is 2. The van der Waals surface area contributed by atoms with E-state index in [1.54, 1.807) is 7.11 Å². The zero-order valence-electron chi connectivity index (χ0n) is 19.9. The molecule has 1 saturated heterocycles. The zero-order valence-corrected chi connectivity index (χ0v) is 19.9. The van der Waals surface area contributed by atoms with Gasteiger partial charge in [0.05, 0.1) is 19.3 Å². The summed E-state index contributed by atoms with van der Waals surface area (Å²) < 4.78 is 5.63. The summed E-state index contributed by atoms with van der Waals surface area (Å²) in [5.74, 6) is 1.46. The maximum Gasteiger partial charge on any atom is 0.224 e. The number of rotatable bonds is 7. The molecule has 31 heavy (non-hydrogen) atoms. The molecule has 4 heteroatoms. The molecule has 0 saturated carbocycles. The van der Waals surface area contributed by atoms with Gasteiger partial charge in [0.25, 0.3) is 0 Å². The van der Waals surface area contributed by atoms with Gasteiger partial charge in [0.15, 0.2) is 0 Å². The lowest BCUT2D eigenvalue weighted by atomic mass is 9.86. The molecule has 1 aliphatic rings. The van der Waals surface area contributed by atoms with Crippen LogP contribution in [0.2, 0.25) is 0 Å². The molecular formula is C27H38N2O2. The number of amides is 1. The smallest absolute Gasteiger partial charge is 0.224 e. The van der Waals surface area contributed by atoms with Gasteiger partial charge < -0.3 is 9.64 Å². The molecule has 1 heterocycles. The van der Waals surface area contributed by atoms with Crippen LogP contribution in [0.3, 0.4) is 0 Å². The van der Waals surface area contributed by atoms with Crippen LogP contribution in [0.25, 0.3) is 0 Å². The first-order chi connectivity index (χ1) is 14.7. The monoisotopic (exact) mass is 422 g/mol. The molecule has 2 aromatic rings. The van der Waals surface area contributed by atoms with E-state index in [0.29, 0.717) is 18.9 Å². The number of hydrogen-bond donors (Lipinski definition) is 1. The fraction of sp³-hybridized carbons (Fsp3) is 0.519. The average molecular weight is 423 g/mol. The summed E-state index contributed by atoms with van der Waals surface area (Å²) in [7, 11) is 1.72. The van der Waals surface area contributed by atoms with Crippen LogP contribution in [0.4, 0.5) is 0 Å². The third-order valence-corrected chi connectivity index (χ3v) is 6.11. The summed E-state index contributed by atoms with van der Waals surface area (Å²) >= 11 is 0. The van der Waals surface area contributed by atoms with E-state index in [1.807, 2.05) is 6.07 Å². The molecule has 2 aromatic carbocycles. The molecule has 1 fully saturated rings. The van der Waals surface area contributed by atoms with Crippen molar-refractivity contribution in [1.29, 1.82) is 0 Å². The number of nitrogens with zero attached hydrogens (tertiary/aromatic N) is 1. The fourth-order valence-electron chi connectivity index (χ4n) is 4.43. The number of hydrogen-bond acceptors (Lipinski definition) is 3. The first kappa shape index (κ1) is 23.3. The molecule has 2 atom stereocenters. The van der Waals surface area contributed by atoms with Gasteiger partial charge in [0.2, 0.25) is 5.91 Å². The fourth-order valence-corrected chi connectivity index (χ4v) is 4.43. The zero-order chi connectivity index (χ0) is 22.6. The van der Waals surface area contributed by atoms with E-state index >= 15 is 0 Å². The highest BCUT2D eigenvalue weighted by Gasteiger charge is 2.37. The van der Waals surface area contributed by atoms with Gasteiger partial charge in [-0.15, -0.1) is 0 Å². The third kappa shape index (κ3) is 5.68. The Bertz CT molecular complexity index is 871. The summed E-state index contributed by atoms with van der Waals surface area (Å²) in [5, 5.41) is 3.68. The van der Waals surface area contributed by atoms with Crippen LogP contribution in [0.1, 0.15) is 76.6 Å². The number of likely N-dealkylation sites (tertiary alicyclic amines) is 1. The molecule has 3 rings (SSSR count). The quantitative estimate of drug-likeness (QED) is 0.611. The summed E-state index contributed by atoms with van der Waals surface area (Å²) in [6.07, 6.45) is 2.53. The Morgan fingerprint density at radius 1 is 1.13 bits per heavy atom. The van der Waals surface area contributed by atoms with Crippen LogP contribution in [0.15, 0.2) is 48.5 Å². The van der Waals surface area contributed by atoms with Crippen LogP contribution < -0.4 is 10.1 Å². The van der Waals surface area contributed by atoms with Gasteiger partial charge >= 0.3 is 0 Å². The molecule has 1 aliphatic heterocycles. The largest absolute Gasteiger partial charge is 0.496 e. The summed E-state index contributed by atoms with van der Waals surface area (Å²) in [5.41, 5.74) is 3.71. The number of ether oxygens (including phenoxy) is 1. The summed E-state index contributed by atoms with van der Waals surface area (Å²) in [6, 6.07) is 17.0. The Labute approximate surface area is 188 Å². The van der Waals surface area contributed by atoms with Gasteiger partial charge in [-0.1, -0.05) is 77.1 Å². The highest BCUT2D eigenvalue weighted by Crippen LogP contribution is 2.36. The molecule has 4 nitrogen and oxygen atoms in total. The van der Waals surface area contributed by atoms with Crippen molar-refractivity contribution in [1.82, 2.24) is 10.2 Å². The second kappa shape index (κ2) is 9.86. The molecule has 0 bridgehead atoms. The lowest BCUT2D eigenvalue weighted by Gasteiger charge is -2.32. The summed E-state index contributed by atoms with van der Waals surface area (Å²) in [4.78, 5) is 15.3. The lowest BCUT2D eigenvalue weighted by Crippen LogP contribution is -2.45. The van der Waals surface area contributed by atoms with E-state index in [0.717, 1.165) is 24.2 Å². The standard InChI is InChI=1S/C27H38N2O2/c1-19(2)16-26(30)29-23(20-10-8-7-9-11-20)13-15-25(29)28-18-21-17-22(27(3,4)5)12-14-24(21)31-6/h7-12,14,17,19,23,25,28H,13,15-16,18H2,1-6H3. The highest BCUT2D eigenvalue weighted by molar-refractivity contribution is 5.77. The van der Waals surface area contributed by atoms with Crippen molar-refractivity contribution in [3.63, 3.8) is 0 Å². The van der Waals surface area contributed by atoms with E-state index in [2.05, 4.69) is 87.3 Å². The Hall–Kier alpha value is -2.33. The molecule has 0 radical (unpaired) electrons. The van der Waals surface area contributed by atoms with Crippen molar-refractivity contribution in [2.24, 2.45) is 5.92 Å². The van der Waals surface area contributed by atoms with E-state index in [9.17, 15) is 4.79 Å². The van der Waals surface area contributed by atoms with Gasteiger partial charge in [0.1, 0.15) is 5.75 Å². The van der Waals surface area contributed by atoms with Crippen molar-refractivity contribution in [3.8, 4) is 5.75 Å². The molecule has 1 amide bonds. The minimum absolute atomic E-state index is 0.0273. The molecule has 2 unspecified atom stereocenters. The molecule has 0 spiro atoms. The van der Waals surface area contributed by atoms with Crippen LogP contribution in [-0.2, 0) is 16.8 Å². The van der Waals surface area contributed by atoms with E-state index in [4.69, 9.17) is 4.74 Å². The predicted molar refractivity (Wildman–Crippen MR) is 127 cm³/mol. The second-order valence-electron chi connectivity index (χ2n) is 10.1. The number of carbonyl (C=O) groups is 1. The Morgan fingerprint density at radius 2 is 1.84 bits per heavy atom. The van der Waals surface area contributed by atoms with Crippen LogP contribution in [0.5, 0.6) is 5.75 Å². The predicted octanol–water partition coefficient (Wildman–Crippen LogP) is 5.82. The number of methoxy groups -OCH3 is 1. The summed E-state index contributed by atoms with van der Waals surface area (Å²) in [6.45, 7) is 11.6. The Kier molecular flexibility index (Phi) is 7.42. The minimum atomic E-state index is 0.0273. The van der Waals surface area contributed by atoms with Crippen LogP contribution in [0, 0.1) is 5.92 Å². The maximum absolute atomic E-state index is 13.2.